The van der Waals surface area contributed by atoms with Crippen LogP contribution in [0.2, 0.25) is 0 Å². The van der Waals surface area contributed by atoms with Crippen LogP contribution < -0.4 is 10.1 Å². The summed E-state index contributed by atoms with van der Waals surface area (Å²) in [5.74, 6) is 0.798. The van der Waals surface area contributed by atoms with Gasteiger partial charge in [-0.1, -0.05) is 26.0 Å². The summed E-state index contributed by atoms with van der Waals surface area (Å²) < 4.78 is 5.18. The van der Waals surface area contributed by atoms with E-state index in [0.717, 1.165) is 30.7 Å². The molecule has 1 aromatic carbocycles. The van der Waals surface area contributed by atoms with Crippen molar-refractivity contribution in [2.45, 2.75) is 51.7 Å². The number of carbonyl (C=O) groups excluding carboxylic acids is 1. The molecule has 1 N–H and O–H groups in total. The van der Waals surface area contributed by atoms with E-state index in [1.165, 1.54) is 0 Å². The predicted molar refractivity (Wildman–Crippen MR) is 93.4 cm³/mol. The van der Waals surface area contributed by atoms with Gasteiger partial charge in [0.05, 0.1) is 19.7 Å². The predicted octanol–water partition coefficient (Wildman–Crippen LogP) is 2.71. The van der Waals surface area contributed by atoms with Crippen molar-refractivity contribution in [2.24, 2.45) is 5.92 Å². The van der Waals surface area contributed by atoms with Crippen molar-refractivity contribution in [3.05, 3.63) is 29.8 Å². The van der Waals surface area contributed by atoms with E-state index < -0.39 is 5.54 Å². The normalized spacial score (nSPS) is 16.5. The lowest BCUT2D eigenvalue weighted by atomic mass is 9.90. The molecule has 1 aliphatic carbocycles. The molecule has 1 unspecified atom stereocenters. The van der Waals surface area contributed by atoms with Gasteiger partial charge in [0.1, 0.15) is 11.3 Å². The fraction of sp³-hybridized carbons (Fsp3) is 0.579. The van der Waals surface area contributed by atoms with Crippen LogP contribution in [0.4, 0.5) is 0 Å². The molecule has 0 aliphatic heterocycles. The lowest BCUT2D eigenvalue weighted by Gasteiger charge is -2.29. The largest absolute Gasteiger partial charge is 0.497 e. The zero-order chi connectivity index (χ0) is 17.7. The number of hydrogen-bond donors (Lipinski definition) is 1. The fourth-order valence-corrected chi connectivity index (χ4v) is 2.53. The number of nitrogens with one attached hydrogen (secondary N) is 1. The second kappa shape index (κ2) is 7.67. The Morgan fingerprint density at radius 1 is 1.42 bits per heavy atom. The number of nitrogens with zero attached hydrogens (tertiary/aromatic N) is 2. The van der Waals surface area contributed by atoms with Gasteiger partial charge in [0.25, 0.3) is 0 Å². The van der Waals surface area contributed by atoms with Crippen LogP contribution in [0.5, 0.6) is 5.75 Å². The quantitative estimate of drug-likeness (QED) is 0.796. The second-order valence-corrected chi connectivity index (χ2v) is 7.00. The molecule has 0 radical (unpaired) electrons. The molecule has 1 atom stereocenters. The number of ether oxygens (including phenoxy) is 1. The third kappa shape index (κ3) is 4.72. The van der Waals surface area contributed by atoms with E-state index in [1.54, 1.807) is 14.0 Å². The number of nitriles is 1. The number of amides is 1. The molecule has 5 heteroatoms. The zero-order valence-corrected chi connectivity index (χ0v) is 15.0. The summed E-state index contributed by atoms with van der Waals surface area (Å²) >= 11 is 0. The first kappa shape index (κ1) is 18.3. The number of carbonyl (C=O) groups is 1. The van der Waals surface area contributed by atoms with Gasteiger partial charge in [-0.25, -0.2) is 0 Å². The van der Waals surface area contributed by atoms with Crippen LogP contribution in [-0.2, 0) is 11.3 Å². The van der Waals surface area contributed by atoms with Gasteiger partial charge in [-0.05, 0) is 43.4 Å². The molecule has 0 aromatic heterocycles. The lowest BCUT2D eigenvalue weighted by molar-refractivity contribution is -0.124. The Bertz CT molecular complexity index is 602. The number of benzene rings is 1. The van der Waals surface area contributed by atoms with E-state index >= 15 is 0 Å². The van der Waals surface area contributed by atoms with Crippen molar-refractivity contribution in [3.8, 4) is 11.8 Å². The van der Waals surface area contributed by atoms with Gasteiger partial charge < -0.3 is 10.1 Å². The smallest absolute Gasteiger partial charge is 0.235 e. The van der Waals surface area contributed by atoms with Crippen molar-refractivity contribution >= 4 is 5.91 Å². The molecule has 1 saturated carbocycles. The molecule has 130 valence electrons. The molecule has 0 saturated heterocycles. The molecule has 0 bridgehead atoms. The van der Waals surface area contributed by atoms with Crippen LogP contribution in [0.1, 0.15) is 39.2 Å². The van der Waals surface area contributed by atoms with E-state index in [-0.39, 0.29) is 11.8 Å². The van der Waals surface area contributed by atoms with Gasteiger partial charge in [0, 0.05) is 12.6 Å². The molecule has 0 spiro atoms. The van der Waals surface area contributed by atoms with Crippen molar-refractivity contribution < 1.29 is 9.53 Å². The van der Waals surface area contributed by atoms with Crippen molar-refractivity contribution in [1.82, 2.24) is 10.2 Å². The van der Waals surface area contributed by atoms with Gasteiger partial charge in [-0.2, -0.15) is 5.26 Å². The molecule has 1 fully saturated rings. The third-order valence-corrected chi connectivity index (χ3v) is 4.74. The van der Waals surface area contributed by atoms with Crippen LogP contribution in [0.3, 0.4) is 0 Å². The van der Waals surface area contributed by atoms with Gasteiger partial charge in [0.15, 0.2) is 0 Å². The van der Waals surface area contributed by atoms with E-state index in [0.29, 0.717) is 12.6 Å². The highest BCUT2D eigenvalue weighted by atomic mass is 16.5. The highest BCUT2D eigenvalue weighted by molar-refractivity contribution is 5.79. The minimum Gasteiger partial charge on any atom is -0.497 e. The average Bonchev–Trinajstić information content (AvgIpc) is 3.39. The molecule has 1 aliphatic rings. The molecule has 1 amide bonds. The second-order valence-electron chi connectivity index (χ2n) is 7.00. The van der Waals surface area contributed by atoms with Crippen molar-refractivity contribution in [2.75, 3.05) is 13.7 Å². The Labute approximate surface area is 144 Å². The third-order valence-electron chi connectivity index (χ3n) is 4.74. The van der Waals surface area contributed by atoms with E-state index in [2.05, 4.69) is 16.3 Å². The number of hydrogen-bond acceptors (Lipinski definition) is 4. The topological polar surface area (TPSA) is 65.4 Å². The summed E-state index contributed by atoms with van der Waals surface area (Å²) in [6, 6.07) is 10.6. The lowest BCUT2D eigenvalue weighted by Crippen LogP contribution is -2.52. The Morgan fingerprint density at radius 3 is 2.50 bits per heavy atom. The van der Waals surface area contributed by atoms with Crippen LogP contribution in [0.25, 0.3) is 0 Å². The van der Waals surface area contributed by atoms with Crippen LogP contribution in [0, 0.1) is 17.2 Å². The van der Waals surface area contributed by atoms with E-state index in [1.807, 2.05) is 38.1 Å². The molecule has 0 heterocycles. The van der Waals surface area contributed by atoms with E-state index in [4.69, 9.17) is 4.74 Å². The Morgan fingerprint density at radius 2 is 2.04 bits per heavy atom. The first-order valence-electron chi connectivity index (χ1n) is 8.47. The molecular weight excluding hydrogens is 302 g/mol. The minimum atomic E-state index is -0.827. The maximum absolute atomic E-state index is 12.4. The first-order chi connectivity index (χ1) is 11.4. The average molecular weight is 329 g/mol. The molecule has 5 nitrogen and oxygen atoms in total. The maximum Gasteiger partial charge on any atom is 0.235 e. The Kier molecular flexibility index (Phi) is 5.84. The highest BCUT2D eigenvalue weighted by Crippen LogP contribution is 2.28. The minimum absolute atomic E-state index is 0.0578. The number of rotatable bonds is 8. The van der Waals surface area contributed by atoms with Crippen molar-refractivity contribution in [1.29, 1.82) is 5.26 Å². The Hall–Kier alpha value is -2.06. The molecule has 1 aromatic rings. The molecular formula is C19H27N3O2. The standard InChI is InChI=1S/C19H27N3O2/c1-14(2)19(3,13-20)21-18(23)12-22(16-7-8-16)11-15-5-9-17(24-4)10-6-15/h5-6,9-10,14,16H,7-8,11-12H2,1-4H3,(H,21,23). The fourth-order valence-electron chi connectivity index (χ4n) is 2.53. The SMILES string of the molecule is COc1ccc(CN(CC(=O)NC(C)(C#N)C(C)C)C2CC2)cc1. The zero-order valence-electron chi connectivity index (χ0n) is 15.0. The summed E-state index contributed by atoms with van der Waals surface area (Å²) in [6.45, 7) is 6.72. The van der Waals surface area contributed by atoms with Gasteiger partial charge >= 0.3 is 0 Å². The summed E-state index contributed by atoms with van der Waals surface area (Å²) in [4.78, 5) is 14.6. The highest BCUT2D eigenvalue weighted by Gasteiger charge is 2.34. The summed E-state index contributed by atoms with van der Waals surface area (Å²) in [5.41, 5.74) is 0.328. The summed E-state index contributed by atoms with van der Waals surface area (Å²) in [7, 11) is 1.65. The molecule has 2 rings (SSSR count). The molecule has 24 heavy (non-hydrogen) atoms. The van der Waals surface area contributed by atoms with E-state index in [9.17, 15) is 10.1 Å². The van der Waals surface area contributed by atoms with Gasteiger partial charge in [0.2, 0.25) is 5.91 Å². The van der Waals surface area contributed by atoms with Gasteiger partial charge in [-0.15, -0.1) is 0 Å². The monoisotopic (exact) mass is 329 g/mol. The first-order valence-corrected chi connectivity index (χ1v) is 8.47. The maximum atomic E-state index is 12.4. The Balaban J connectivity index is 1.98. The van der Waals surface area contributed by atoms with Gasteiger partial charge in [-0.3, -0.25) is 9.69 Å². The van der Waals surface area contributed by atoms with Crippen LogP contribution >= 0.6 is 0 Å². The van der Waals surface area contributed by atoms with Crippen LogP contribution in [-0.4, -0.2) is 36.0 Å². The number of methoxy groups -OCH3 is 1. The summed E-state index contributed by atoms with van der Waals surface area (Å²) in [6.07, 6.45) is 2.26. The summed E-state index contributed by atoms with van der Waals surface area (Å²) in [5, 5.41) is 12.3. The van der Waals surface area contributed by atoms with Crippen molar-refractivity contribution in [3.63, 3.8) is 0 Å². The van der Waals surface area contributed by atoms with Crippen LogP contribution in [0.15, 0.2) is 24.3 Å².